The summed E-state index contributed by atoms with van der Waals surface area (Å²) in [6.07, 6.45) is 2.20. The van der Waals surface area contributed by atoms with Gasteiger partial charge in [-0.3, -0.25) is 9.63 Å². The lowest BCUT2D eigenvalue weighted by Gasteiger charge is -2.16. The molecular formula is C31H30N6O5S. The maximum Gasteiger partial charge on any atom is 0.535 e. The first-order valence-corrected chi connectivity index (χ1v) is 15.5. The van der Waals surface area contributed by atoms with E-state index in [1.54, 1.807) is 18.2 Å². The summed E-state index contributed by atoms with van der Waals surface area (Å²) in [6.45, 7) is 0.0594. The van der Waals surface area contributed by atoms with E-state index in [0.717, 1.165) is 52.1 Å². The molecule has 4 aromatic rings. The van der Waals surface area contributed by atoms with Crippen molar-refractivity contribution in [1.82, 2.24) is 25.8 Å². The van der Waals surface area contributed by atoms with Crippen molar-refractivity contribution in [2.24, 2.45) is 0 Å². The second-order valence-corrected chi connectivity index (χ2v) is 12.2. The van der Waals surface area contributed by atoms with Crippen LogP contribution in [0.4, 0.5) is 15.3 Å². The maximum absolute atomic E-state index is 12.8. The van der Waals surface area contributed by atoms with Gasteiger partial charge in [0.05, 0.1) is 12.1 Å². The Morgan fingerprint density at radius 2 is 1.84 bits per heavy atom. The number of hydrogen-bond donors (Lipinski definition) is 3. The summed E-state index contributed by atoms with van der Waals surface area (Å²) in [6, 6.07) is 21.4. The van der Waals surface area contributed by atoms with Crippen molar-refractivity contribution in [1.29, 1.82) is 0 Å². The lowest BCUT2D eigenvalue weighted by atomic mass is 9.97. The van der Waals surface area contributed by atoms with Crippen molar-refractivity contribution >= 4 is 46.6 Å². The molecule has 1 aromatic heterocycles. The number of rotatable bonds is 9. The first-order valence-electron chi connectivity index (χ1n) is 14.4. The van der Waals surface area contributed by atoms with E-state index in [1.165, 1.54) is 0 Å². The number of para-hydroxylation sites is 1. The van der Waals surface area contributed by atoms with Gasteiger partial charge in [0.25, 0.3) is 0 Å². The fourth-order valence-corrected chi connectivity index (χ4v) is 7.77. The number of aromatic nitrogens is 3. The van der Waals surface area contributed by atoms with Gasteiger partial charge in [0.15, 0.2) is 0 Å². The SMILES string of the molecule is O=C(CCCC[C@@H]1SC[C@@H]2NC(=O)N[C@@H]21)Nc1ccc2c(c1)C(COC(=O)On1nnc3ccccc31)c1ccccc1-2. The van der Waals surface area contributed by atoms with Gasteiger partial charge in [0.2, 0.25) is 5.91 Å². The lowest BCUT2D eigenvalue weighted by molar-refractivity contribution is -0.116. The quantitative estimate of drug-likeness (QED) is 0.111. The zero-order chi connectivity index (χ0) is 29.3. The Hall–Kier alpha value is -4.58. The second-order valence-electron chi connectivity index (χ2n) is 11.0. The average molecular weight is 599 g/mol. The highest BCUT2D eigenvalue weighted by Gasteiger charge is 2.42. The monoisotopic (exact) mass is 598 g/mol. The lowest BCUT2D eigenvalue weighted by Crippen LogP contribution is -2.36. The second kappa shape index (κ2) is 11.6. The molecule has 12 heteroatoms. The van der Waals surface area contributed by atoms with Crippen LogP contribution in [0.3, 0.4) is 0 Å². The molecule has 2 saturated heterocycles. The number of urea groups is 1. The summed E-state index contributed by atoms with van der Waals surface area (Å²) in [4.78, 5) is 43.4. The summed E-state index contributed by atoms with van der Waals surface area (Å²) in [5.41, 5.74) is 5.98. The molecule has 0 saturated carbocycles. The Morgan fingerprint density at radius 1 is 1.00 bits per heavy atom. The summed E-state index contributed by atoms with van der Waals surface area (Å²) < 4.78 is 5.56. The van der Waals surface area contributed by atoms with Gasteiger partial charge in [-0.05, 0) is 64.6 Å². The Morgan fingerprint density at radius 3 is 2.77 bits per heavy atom. The van der Waals surface area contributed by atoms with Crippen molar-refractivity contribution in [2.45, 2.75) is 48.9 Å². The molecule has 43 heavy (non-hydrogen) atoms. The molecular weight excluding hydrogens is 568 g/mol. The van der Waals surface area contributed by atoms with E-state index >= 15 is 0 Å². The predicted molar refractivity (Wildman–Crippen MR) is 162 cm³/mol. The van der Waals surface area contributed by atoms with E-state index in [-0.39, 0.29) is 36.5 Å². The van der Waals surface area contributed by atoms with Gasteiger partial charge in [0, 0.05) is 29.0 Å². The molecule has 3 N–H and O–H groups in total. The third kappa shape index (κ3) is 5.50. The average Bonchev–Trinajstić information content (AvgIpc) is 3.76. The zero-order valence-electron chi connectivity index (χ0n) is 23.2. The van der Waals surface area contributed by atoms with Gasteiger partial charge in [-0.15, -0.1) is 5.10 Å². The van der Waals surface area contributed by atoms with Crippen LogP contribution in [0.15, 0.2) is 66.7 Å². The summed E-state index contributed by atoms with van der Waals surface area (Å²) in [5, 5.41) is 17.3. The maximum atomic E-state index is 12.8. The van der Waals surface area contributed by atoms with Crippen molar-refractivity contribution in [3.05, 3.63) is 77.9 Å². The normalized spacial score (nSPS) is 21.4. The number of nitrogens with zero attached hydrogens (tertiary/aromatic N) is 3. The van der Waals surface area contributed by atoms with Gasteiger partial charge in [-0.25, -0.2) is 9.59 Å². The third-order valence-electron chi connectivity index (χ3n) is 8.27. The van der Waals surface area contributed by atoms with Gasteiger partial charge in [0.1, 0.15) is 17.6 Å². The number of anilines is 1. The minimum absolute atomic E-state index is 0.0420. The number of benzene rings is 3. The predicted octanol–water partition coefficient (Wildman–Crippen LogP) is 4.47. The first-order chi connectivity index (χ1) is 21.0. The van der Waals surface area contributed by atoms with E-state index < -0.39 is 6.16 Å². The van der Waals surface area contributed by atoms with Crippen molar-refractivity contribution in [3.63, 3.8) is 0 Å². The standard InChI is InChI=1S/C31H30N6O5S/c38-28(12-6-5-11-27-29-25(17-43-27)33-30(39)34-29)32-18-13-14-21-19-7-1-2-8-20(19)23(22(21)15-18)16-41-31(40)42-37-26-10-4-3-9-24(26)35-36-37/h1-4,7-10,13-15,23,25,27,29H,5-6,11-12,16-17H2,(H,32,38)(H2,33,34,39)/t23?,25-,27-,29-/m0/s1. The van der Waals surface area contributed by atoms with Crippen molar-refractivity contribution in [2.75, 3.05) is 17.7 Å². The van der Waals surface area contributed by atoms with Crippen molar-refractivity contribution < 1.29 is 24.0 Å². The number of hydrogen-bond acceptors (Lipinski definition) is 8. The summed E-state index contributed by atoms with van der Waals surface area (Å²) in [7, 11) is 0. The van der Waals surface area contributed by atoms with Crippen LogP contribution < -0.4 is 20.8 Å². The molecule has 7 rings (SSSR count). The topological polar surface area (TPSA) is 136 Å². The number of ether oxygens (including phenoxy) is 1. The molecule has 2 fully saturated rings. The highest BCUT2D eigenvalue weighted by Crippen LogP contribution is 2.45. The molecule has 2 aliphatic heterocycles. The Bertz CT molecular complexity index is 1710. The smallest absolute Gasteiger partial charge is 0.432 e. The van der Waals surface area contributed by atoms with Crippen LogP contribution >= 0.6 is 11.8 Å². The molecule has 11 nitrogen and oxygen atoms in total. The number of nitrogens with one attached hydrogen (secondary N) is 3. The number of carbonyl (C=O) groups is 3. The van der Waals surface area contributed by atoms with E-state index in [1.807, 2.05) is 60.3 Å². The molecule has 0 radical (unpaired) electrons. The highest BCUT2D eigenvalue weighted by molar-refractivity contribution is 8.00. The zero-order valence-corrected chi connectivity index (χ0v) is 24.0. The van der Waals surface area contributed by atoms with Crippen LogP contribution in [0.25, 0.3) is 22.2 Å². The Balaban J connectivity index is 0.961. The molecule has 220 valence electrons. The number of carbonyl (C=O) groups excluding carboxylic acids is 3. The molecule has 3 aromatic carbocycles. The van der Waals surface area contributed by atoms with Gasteiger partial charge >= 0.3 is 12.2 Å². The molecule has 0 bridgehead atoms. The summed E-state index contributed by atoms with van der Waals surface area (Å²) in [5.74, 6) is 0.671. The van der Waals surface area contributed by atoms with E-state index in [4.69, 9.17) is 9.57 Å². The van der Waals surface area contributed by atoms with E-state index in [0.29, 0.717) is 28.4 Å². The fourth-order valence-electron chi connectivity index (χ4n) is 6.23. The molecule has 1 aliphatic carbocycles. The van der Waals surface area contributed by atoms with Crippen LogP contribution in [-0.2, 0) is 9.53 Å². The largest absolute Gasteiger partial charge is 0.535 e. The van der Waals surface area contributed by atoms with Crippen molar-refractivity contribution in [3.8, 4) is 11.1 Å². The van der Waals surface area contributed by atoms with Crippen LogP contribution in [0.2, 0.25) is 0 Å². The van der Waals surface area contributed by atoms with E-state index in [2.05, 4.69) is 26.3 Å². The number of amides is 3. The molecule has 3 aliphatic rings. The third-order valence-corrected chi connectivity index (χ3v) is 9.78. The molecule has 0 spiro atoms. The highest BCUT2D eigenvalue weighted by atomic mass is 32.2. The fraction of sp³-hybridized carbons (Fsp3) is 0.323. The van der Waals surface area contributed by atoms with Crippen LogP contribution in [-0.4, -0.2) is 62.9 Å². The molecule has 3 heterocycles. The van der Waals surface area contributed by atoms with Crippen LogP contribution in [0, 0.1) is 0 Å². The molecule has 3 amide bonds. The number of unbranched alkanes of at least 4 members (excludes halogenated alkanes) is 1. The minimum atomic E-state index is -0.885. The van der Waals surface area contributed by atoms with Gasteiger partial charge < -0.3 is 20.7 Å². The Kier molecular flexibility index (Phi) is 7.35. The van der Waals surface area contributed by atoms with Crippen LogP contribution in [0.1, 0.15) is 42.7 Å². The van der Waals surface area contributed by atoms with Gasteiger partial charge in [-0.1, -0.05) is 53.7 Å². The van der Waals surface area contributed by atoms with E-state index in [9.17, 15) is 14.4 Å². The summed E-state index contributed by atoms with van der Waals surface area (Å²) >= 11 is 1.89. The van der Waals surface area contributed by atoms with Crippen LogP contribution in [0.5, 0.6) is 0 Å². The first kappa shape index (κ1) is 27.3. The Labute approximate surface area is 251 Å². The van der Waals surface area contributed by atoms with Gasteiger partial charge in [-0.2, -0.15) is 11.8 Å². The minimum Gasteiger partial charge on any atom is -0.432 e. The number of fused-ring (bicyclic) bond motifs is 5. The molecule has 4 atom stereocenters. The molecule has 1 unspecified atom stereocenters. The number of thioether (sulfide) groups is 1.